The first-order valence-corrected chi connectivity index (χ1v) is 9.69. The molecule has 0 amide bonds. The van der Waals surface area contributed by atoms with Gasteiger partial charge in [-0.2, -0.15) is 0 Å². The van der Waals surface area contributed by atoms with E-state index in [2.05, 4.69) is 33.0 Å². The molecule has 0 saturated carbocycles. The van der Waals surface area contributed by atoms with Crippen LogP contribution in [0.1, 0.15) is 28.3 Å². The number of hydrogen-bond acceptors (Lipinski definition) is 3. The van der Waals surface area contributed by atoms with Crippen LogP contribution in [0.4, 0.5) is 4.39 Å². The number of nitrogens with zero attached hydrogens (tertiary/aromatic N) is 4. The minimum atomic E-state index is -0.204. The molecule has 2 N–H and O–H groups in total. The fourth-order valence-electron chi connectivity index (χ4n) is 2.95. The molecule has 0 unspecified atom stereocenters. The molecule has 152 valence electrons. The van der Waals surface area contributed by atoms with E-state index in [0.717, 1.165) is 34.8 Å². The monoisotopic (exact) mass is 394 g/mol. The first kappa shape index (κ1) is 20.5. The molecule has 7 heteroatoms. The summed E-state index contributed by atoms with van der Waals surface area (Å²) in [7, 11) is 1.94. The van der Waals surface area contributed by atoms with Crippen LogP contribution in [-0.4, -0.2) is 27.3 Å². The predicted molar refractivity (Wildman–Crippen MR) is 113 cm³/mol. The second kappa shape index (κ2) is 9.82. The normalized spacial score (nSPS) is 11.5. The first-order chi connectivity index (χ1) is 14.0. The van der Waals surface area contributed by atoms with Gasteiger partial charge in [0.05, 0.1) is 13.1 Å². The zero-order valence-corrected chi connectivity index (χ0v) is 17.1. The van der Waals surface area contributed by atoms with E-state index in [1.54, 1.807) is 6.07 Å². The summed E-state index contributed by atoms with van der Waals surface area (Å²) in [6.07, 6.45) is 0.779. The third kappa shape index (κ3) is 5.88. The number of hydrogen-bond donors (Lipinski definition) is 2. The van der Waals surface area contributed by atoms with Crippen LogP contribution < -0.4 is 10.6 Å². The largest absolute Gasteiger partial charge is 0.356 e. The van der Waals surface area contributed by atoms with Gasteiger partial charge in [0.2, 0.25) is 0 Å². The second-order valence-corrected chi connectivity index (χ2v) is 6.97. The van der Waals surface area contributed by atoms with Crippen LogP contribution in [0.15, 0.2) is 53.5 Å². The van der Waals surface area contributed by atoms with Crippen LogP contribution in [0.5, 0.6) is 0 Å². The molecule has 0 atom stereocenters. The molecular formula is C22H27FN6. The molecular weight excluding hydrogens is 367 g/mol. The van der Waals surface area contributed by atoms with Gasteiger partial charge in [-0.3, -0.25) is 0 Å². The number of aryl methyl sites for hydroxylation is 2. The molecule has 1 aromatic heterocycles. The molecule has 0 aliphatic rings. The molecule has 0 saturated heterocycles. The van der Waals surface area contributed by atoms with Crippen LogP contribution in [0, 0.1) is 19.7 Å². The smallest absolute Gasteiger partial charge is 0.191 e. The third-order valence-corrected chi connectivity index (χ3v) is 4.85. The summed E-state index contributed by atoms with van der Waals surface area (Å²) in [4.78, 5) is 4.69. The minimum Gasteiger partial charge on any atom is -0.356 e. The number of aromatic nitrogens is 3. The fourth-order valence-corrected chi connectivity index (χ4v) is 2.95. The average molecular weight is 394 g/mol. The van der Waals surface area contributed by atoms with Gasteiger partial charge >= 0.3 is 0 Å². The van der Waals surface area contributed by atoms with Crippen molar-refractivity contribution in [3.8, 4) is 0 Å². The van der Waals surface area contributed by atoms with Crippen LogP contribution in [0.25, 0.3) is 0 Å². The highest BCUT2D eigenvalue weighted by Gasteiger charge is 2.07. The summed E-state index contributed by atoms with van der Waals surface area (Å²) in [5.74, 6) is 2.20. The molecule has 2 aromatic carbocycles. The van der Waals surface area contributed by atoms with E-state index < -0.39 is 0 Å². The average Bonchev–Trinajstić information content (AvgIpc) is 3.04. The van der Waals surface area contributed by atoms with Crippen molar-refractivity contribution in [1.29, 1.82) is 0 Å². The van der Waals surface area contributed by atoms with Gasteiger partial charge in [-0.05, 0) is 49.1 Å². The lowest BCUT2D eigenvalue weighted by Gasteiger charge is -2.13. The van der Waals surface area contributed by atoms with Gasteiger partial charge in [-0.1, -0.05) is 36.4 Å². The van der Waals surface area contributed by atoms with Gasteiger partial charge in [-0.25, -0.2) is 9.38 Å². The summed E-state index contributed by atoms with van der Waals surface area (Å²) in [6.45, 7) is 5.63. The Hall–Kier alpha value is -3.22. The van der Waals surface area contributed by atoms with E-state index in [0.29, 0.717) is 25.6 Å². The molecule has 0 fully saturated rings. The lowest BCUT2D eigenvalue weighted by Crippen LogP contribution is -2.38. The quantitative estimate of drug-likeness (QED) is 0.477. The Morgan fingerprint density at radius 2 is 1.86 bits per heavy atom. The maximum absolute atomic E-state index is 13.3. The number of rotatable bonds is 7. The van der Waals surface area contributed by atoms with Crippen LogP contribution in [0.3, 0.4) is 0 Å². The van der Waals surface area contributed by atoms with Crippen LogP contribution in [-0.2, 0) is 26.6 Å². The molecule has 0 aliphatic carbocycles. The SMILES string of the molecule is Cc1cc(F)ccc1CCNC(=NCc1ccccc1)NCc1nnc(C)n1C. The summed E-state index contributed by atoms with van der Waals surface area (Å²) in [5, 5.41) is 15.0. The van der Waals surface area contributed by atoms with Gasteiger partial charge in [0.1, 0.15) is 11.6 Å². The number of benzene rings is 2. The molecule has 0 radical (unpaired) electrons. The molecule has 6 nitrogen and oxygen atoms in total. The molecule has 3 rings (SSSR count). The van der Waals surface area contributed by atoms with E-state index in [9.17, 15) is 4.39 Å². The predicted octanol–water partition coefficient (Wildman–Crippen LogP) is 3.05. The lowest BCUT2D eigenvalue weighted by molar-refractivity contribution is 0.625. The number of halogens is 1. The van der Waals surface area contributed by atoms with Crippen molar-refractivity contribution in [1.82, 2.24) is 25.4 Å². The van der Waals surface area contributed by atoms with E-state index in [-0.39, 0.29) is 5.82 Å². The minimum absolute atomic E-state index is 0.204. The Kier molecular flexibility index (Phi) is 6.94. The lowest BCUT2D eigenvalue weighted by atomic mass is 10.1. The van der Waals surface area contributed by atoms with Crippen LogP contribution >= 0.6 is 0 Å². The van der Waals surface area contributed by atoms with E-state index in [4.69, 9.17) is 4.99 Å². The number of nitrogens with one attached hydrogen (secondary N) is 2. The van der Waals surface area contributed by atoms with Crippen molar-refractivity contribution in [2.45, 2.75) is 33.4 Å². The van der Waals surface area contributed by atoms with Crippen LogP contribution in [0.2, 0.25) is 0 Å². The van der Waals surface area contributed by atoms with E-state index in [1.807, 2.05) is 49.7 Å². The van der Waals surface area contributed by atoms with Crippen molar-refractivity contribution < 1.29 is 4.39 Å². The molecule has 29 heavy (non-hydrogen) atoms. The molecule has 1 heterocycles. The van der Waals surface area contributed by atoms with Gasteiger partial charge in [0, 0.05) is 13.6 Å². The molecule has 3 aromatic rings. The maximum atomic E-state index is 13.3. The topological polar surface area (TPSA) is 67.1 Å². The van der Waals surface area contributed by atoms with Crippen molar-refractivity contribution in [2.24, 2.45) is 12.0 Å². The summed E-state index contributed by atoms with van der Waals surface area (Å²) < 4.78 is 15.2. The Bertz CT molecular complexity index is 965. The summed E-state index contributed by atoms with van der Waals surface area (Å²) in [6, 6.07) is 15.0. The standard InChI is InChI=1S/C22H27FN6/c1-16-13-20(23)10-9-19(16)11-12-24-22(25-14-18-7-5-4-6-8-18)26-15-21-28-27-17(2)29(21)3/h4-10,13H,11-12,14-15H2,1-3H3,(H2,24,25,26). The van der Waals surface area contributed by atoms with Gasteiger partial charge in [0.25, 0.3) is 0 Å². The highest BCUT2D eigenvalue weighted by molar-refractivity contribution is 5.79. The van der Waals surface area contributed by atoms with Crippen molar-refractivity contribution in [3.05, 3.63) is 82.7 Å². The Morgan fingerprint density at radius 1 is 1.07 bits per heavy atom. The Morgan fingerprint density at radius 3 is 2.55 bits per heavy atom. The van der Waals surface area contributed by atoms with Crippen molar-refractivity contribution in [2.75, 3.05) is 6.54 Å². The van der Waals surface area contributed by atoms with Gasteiger partial charge in [-0.15, -0.1) is 10.2 Å². The van der Waals surface area contributed by atoms with Crippen molar-refractivity contribution in [3.63, 3.8) is 0 Å². The van der Waals surface area contributed by atoms with Gasteiger partial charge in [0.15, 0.2) is 11.8 Å². The fraction of sp³-hybridized carbons (Fsp3) is 0.318. The molecule has 0 bridgehead atoms. The van der Waals surface area contributed by atoms with E-state index >= 15 is 0 Å². The second-order valence-electron chi connectivity index (χ2n) is 6.97. The van der Waals surface area contributed by atoms with Gasteiger partial charge < -0.3 is 15.2 Å². The highest BCUT2D eigenvalue weighted by Crippen LogP contribution is 2.10. The summed E-state index contributed by atoms with van der Waals surface area (Å²) in [5.41, 5.74) is 3.21. The Labute approximate surface area is 170 Å². The zero-order valence-electron chi connectivity index (χ0n) is 17.1. The van der Waals surface area contributed by atoms with Crippen molar-refractivity contribution >= 4 is 5.96 Å². The third-order valence-electron chi connectivity index (χ3n) is 4.85. The zero-order chi connectivity index (χ0) is 20.6. The number of aliphatic imine (C=N–C) groups is 1. The number of guanidine groups is 1. The highest BCUT2D eigenvalue weighted by atomic mass is 19.1. The molecule has 0 aliphatic heterocycles. The molecule has 0 spiro atoms. The Balaban J connectivity index is 1.63. The van der Waals surface area contributed by atoms with E-state index in [1.165, 1.54) is 6.07 Å². The summed E-state index contributed by atoms with van der Waals surface area (Å²) >= 11 is 0. The maximum Gasteiger partial charge on any atom is 0.191 e. The first-order valence-electron chi connectivity index (χ1n) is 9.69.